The Bertz CT molecular complexity index is 792. The molecule has 2 aliphatic heterocycles. The van der Waals surface area contributed by atoms with Crippen LogP contribution >= 0.6 is 11.9 Å². The van der Waals surface area contributed by atoms with Gasteiger partial charge in [-0.05, 0) is 48.0 Å². The average Bonchev–Trinajstić information content (AvgIpc) is 2.85. The molecule has 1 atom stereocenters. The fourth-order valence-corrected chi connectivity index (χ4v) is 4.25. The van der Waals surface area contributed by atoms with Crippen LogP contribution in [0, 0.1) is 0 Å². The Morgan fingerprint density at radius 1 is 1.25 bits per heavy atom. The molecule has 0 aromatic heterocycles. The van der Waals surface area contributed by atoms with Gasteiger partial charge in [0.1, 0.15) is 24.9 Å². The van der Waals surface area contributed by atoms with Gasteiger partial charge in [0.2, 0.25) is 11.8 Å². The van der Waals surface area contributed by atoms with Crippen molar-refractivity contribution in [3.63, 3.8) is 0 Å². The Hall–Kier alpha value is -2.36. The van der Waals surface area contributed by atoms with Crippen LogP contribution in [-0.2, 0) is 19.1 Å². The Labute approximate surface area is 222 Å². The van der Waals surface area contributed by atoms with Crippen LogP contribution in [-0.4, -0.2) is 76.3 Å². The van der Waals surface area contributed by atoms with E-state index >= 15 is 0 Å². The molecule has 36 heavy (non-hydrogen) atoms. The van der Waals surface area contributed by atoms with E-state index in [2.05, 4.69) is 5.32 Å². The highest BCUT2D eigenvalue weighted by Gasteiger charge is 2.36. The Morgan fingerprint density at radius 2 is 1.86 bits per heavy atom. The van der Waals surface area contributed by atoms with Crippen molar-refractivity contribution < 1.29 is 23.9 Å². The smallest absolute Gasteiger partial charge is 0.411 e. The molecule has 0 aromatic carbocycles. The summed E-state index contributed by atoms with van der Waals surface area (Å²) in [6, 6.07) is -0.415. The van der Waals surface area contributed by atoms with E-state index < -0.39 is 11.6 Å². The molecule has 0 spiro atoms. The SMILES string of the molecule is C/C=C1\C(=C(/C)N(CN(CC)C(=O)OC(C)(C)C)SC)OCCN1C1CCC(=O)NC1=O.CC.CC. The molecule has 10 heteroatoms. The van der Waals surface area contributed by atoms with Crippen LogP contribution in [0.5, 0.6) is 0 Å². The molecular formula is C26H48N4O5S. The molecule has 1 N–H and O–H groups in total. The highest BCUT2D eigenvalue weighted by Crippen LogP contribution is 2.32. The monoisotopic (exact) mass is 528 g/mol. The molecule has 0 saturated carbocycles. The lowest BCUT2D eigenvalue weighted by Gasteiger charge is -2.41. The second-order valence-electron chi connectivity index (χ2n) is 8.64. The van der Waals surface area contributed by atoms with E-state index in [9.17, 15) is 14.4 Å². The van der Waals surface area contributed by atoms with E-state index in [-0.39, 0.29) is 17.9 Å². The number of carbonyl (C=O) groups is 3. The van der Waals surface area contributed by atoms with Gasteiger partial charge >= 0.3 is 6.09 Å². The van der Waals surface area contributed by atoms with Crippen molar-refractivity contribution in [2.24, 2.45) is 0 Å². The first kappa shape index (κ1) is 33.6. The van der Waals surface area contributed by atoms with Gasteiger partial charge in [-0.2, -0.15) is 0 Å². The molecule has 208 valence electrons. The number of piperidine rings is 1. The number of carbonyl (C=O) groups excluding carboxylic acids is 3. The molecule has 9 nitrogen and oxygen atoms in total. The number of ether oxygens (including phenoxy) is 2. The molecular weight excluding hydrogens is 480 g/mol. The molecule has 2 rings (SSSR count). The highest BCUT2D eigenvalue weighted by molar-refractivity contribution is 7.96. The number of nitrogens with zero attached hydrogens (tertiary/aromatic N) is 3. The Kier molecular flexibility index (Phi) is 15.3. The van der Waals surface area contributed by atoms with Crippen LogP contribution in [0.25, 0.3) is 0 Å². The second-order valence-corrected chi connectivity index (χ2v) is 9.44. The lowest BCUT2D eigenvalue weighted by molar-refractivity contribution is -0.137. The van der Waals surface area contributed by atoms with Crippen molar-refractivity contribution in [3.05, 3.63) is 23.2 Å². The summed E-state index contributed by atoms with van der Waals surface area (Å²) in [5.41, 5.74) is 1.07. The van der Waals surface area contributed by atoms with Gasteiger partial charge in [0, 0.05) is 19.2 Å². The predicted octanol–water partition coefficient (Wildman–Crippen LogP) is 5.11. The molecule has 2 fully saturated rings. The van der Waals surface area contributed by atoms with Crippen molar-refractivity contribution in [1.82, 2.24) is 19.4 Å². The molecule has 0 aromatic rings. The second kappa shape index (κ2) is 16.4. The Balaban J connectivity index is 0.00000291. The van der Waals surface area contributed by atoms with Gasteiger partial charge in [-0.1, -0.05) is 45.7 Å². The minimum Gasteiger partial charge on any atom is -0.488 e. The first-order chi connectivity index (χ1) is 17.0. The van der Waals surface area contributed by atoms with Gasteiger partial charge in [0.15, 0.2) is 5.76 Å². The standard InChI is InChI=1S/C22H36N4O5S.2C2H6/c1-8-16-19(30-13-12-25(16)17-10-11-18(27)23-20(17)28)15(3)26(32-7)14-24(9-2)21(29)31-22(4,5)6;2*1-2/h8,17H,9-14H2,1-7H3,(H,23,27,28);2*1-2H3/b16-8+,19-15-;;. The quantitative estimate of drug-likeness (QED) is 0.289. The third-order valence-electron chi connectivity index (χ3n) is 5.24. The van der Waals surface area contributed by atoms with Gasteiger partial charge in [0.25, 0.3) is 0 Å². The first-order valence-corrected chi connectivity index (χ1v) is 14.1. The summed E-state index contributed by atoms with van der Waals surface area (Å²) >= 11 is 1.48. The van der Waals surface area contributed by atoms with Gasteiger partial charge in [-0.15, -0.1) is 0 Å². The zero-order valence-electron chi connectivity index (χ0n) is 24.2. The molecule has 2 saturated heterocycles. The third kappa shape index (κ3) is 9.59. The molecule has 0 bridgehead atoms. The van der Waals surface area contributed by atoms with E-state index in [0.717, 1.165) is 11.4 Å². The van der Waals surface area contributed by atoms with Crippen LogP contribution in [0.2, 0.25) is 0 Å². The largest absolute Gasteiger partial charge is 0.488 e. The van der Waals surface area contributed by atoms with Crippen LogP contribution < -0.4 is 5.32 Å². The first-order valence-electron chi connectivity index (χ1n) is 12.9. The minimum absolute atomic E-state index is 0.233. The number of rotatable bonds is 6. The van der Waals surface area contributed by atoms with Crippen LogP contribution in [0.1, 0.15) is 82.1 Å². The fourth-order valence-electron chi connectivity index (χ4n) is 3.64. The van der Waals surface area contributed by atoms with Gasteiger partial charge < -0.3 is 14.4 Å². The van der Waals surface area contributed by atoms with Crippen LogP contribution in [0.15, 0.2) is 23.2 Å². The molecule has 2 aliphatic rings. The maximum Gasteiger partial charge on any atom is 0.411 e. The molecule has 1 unspecified atom stereocenters. The zero-order valence-corrected chi connectivity index (χ0v) is 25.0. The van der Waals surface area contributed by atoms with Crippen LogP contribution in [0.3, 0.4) is 0 Å². The van der Waals surface area contributed by atoms with Crippen molar-refractivity contribution >= 4 is 29.9 Å². The van der Waals surface area contributed by atoms with E-state index in [1.807, 2.05) is 90.8 Å². The number of hydrogen-bond donors (Lipinski definition) is 1. The summed E-state index contributed by atoms with van der Waals surface area (Å²) in [6.45, 7) is 21.1. The van der Waals surface area contributed by atoms with Crippen molar-refractivity contribution in [2.75, 3.05) is 32.6 Å². The van der Waals surface area contributed by atoms with E-state index in [1.54, 1.807) is 4.90 Å². The maximum absolute atomic E-state index is 12.6. The van der Waals surface area contributed by atoms with E-state index in [4.69, 9.17) is 9.47 Å². The zero-order chi connectivity index (χ0) is 28.1. The van der Waals surface area contributed by atoms with Crippen molar-refractivity contribution in [2.45, 2.75) is 93.7 Å². The van der Waals surface area contributed by atoms with Gasteiger partial charge in [-0.25, -0.2) is 4.79 Å². The minimum atomic E-state index is -0.574. The topological polar surface area (TPSA) is 91.4 Å². The molecule has 0 radical (unpaired) electrons. The number of amides is 3. The number of hydrogen-bond acceptors (Lipinski definition) is 8. The van der Waals surface area contributed by atoms with Gasteiger partial charge in [-0.3, -0.25) is 24.1 Å². The van der Waals surface area contributed by atoms with E-state index in [1.165, 1.54) is 11.9 Å². The van der Waals surface area contributed by atoms with Crippen LogP contribution in [0.4, 0.5) is 4.79 Å². The average molecular weight is 529 g/mol. The molecule has 0 aliphatic carbocycles. The summed E-state index contributed by atoms with van der Waals surface area (Å²) in [4.78, 5) is 40.3. The number of imide groups is 1. The predicted molar refractivity (Wildman–Crippen MR) is 147 cm³/mol. The summed E-state index contributed by atoms with van der Waals surface area (Å²) in [7, 11) is 0. The molecule has 3 amide bonds. The lowest BCUT2D eigenvalue weighted by atomic mass is 10.0. The van der Waals surface area contributed by atoms with Crippen molar-refractivity contribution in [3.8, 4) is 0 Å². The lowest BCUT2D eigenvalue weighted by Crippen LogP contribution is -2.54. The van der Waals surface area contributed by atoms with Crippen molar-refractivity contribution in [1.29, 1.82) is 0 Å². The highest BCUT2D eigenvalue weighted by atomic mass is 32.2. The third-order valence-corrected chi connectivity index (χ3v) is 6.07. The maximum atomic E-state index is 12.6. The van der Waals surface area contributed by atoms with Gasteiger partial charge in [0.05, 0.1) is 17.9 Å². The fraction of sp³-hybridized carbons (Fsp3) is 0.731. The Morgan fingerprint density at radius 3 is 2.33 bits per heavy atom. The number of nitrogens with one attached hydrogen (secondary N) is 1. The molecule has 2 heterocycles. The summed E-state index contributed by atoms with van der Waals surface area (Å²) in [5.74, 6) is 0.158. The summed E-state index contributed by atoms with van der Waals surface area (Å²) in [6.07, 6.45) is 4.27. The normalized spacial score (nSPS) is 20.1. The number of allylic oxidation sites excluding steroid dienone is 2. The number of morpholine rings is 1. The summed E-state index contributed by atoms with van der Waals surface area (Å²) in [5, 5.41) is 2.44. The summed E-state index contributed by atoms with van der Waals surface area (Å²) < 4.78 is 13.5. The van der Waals surface area contributed by atoms with E-state index in [0.29, 0.717) is 45.0 Å².